The largest absolute Gasteiger partial charge is 0.616 e. The highest BCUT2D eigenvalue weighted by Gasteiger charge is 2.11. The van der Waals surface area contributed by atoms with E-state index in [2.05, 4.69) is 26.1 Å². The predicted molar refractivity (Wildman–Crippen MR) is 66.7 cm³/mol. The molecule has 0 aliphatic carbocycles. The Labute approximate surface area is 97.1 Å². The summed E-state index contributed by atoms with van der Waals surface area (Å²) in [7, 11) is 0. The third-order valence-electron chi connectivity index (χ3n) is 1.85. The molecule has 0 radical (unpaired) electrons. The van der Waals surface area contributed by atoms with Gasteiger partial charge in [0.2, 0.25) is 0 Å². The van der Waals surface area contributed by atoms with Crippen molar-refractivity contribution in [3.63, 3.8) is 0 Å². The Morgan fingerprint density at radius 1 is 1.27 bits per heavy atom. The topological polar surface area (TPSA) is 44.3 Å². The van der Waals surface area contributed by atoms with Crippen LogP contribution in [0, 0.1) is 0 Å². The zero-order valence-electron chi connectivity index (χ0n) is 10.5. The van der Waals surface area contributed by atoms with Gasteiger partial charge in [-0.05, 0) is 27.7 Å². The van der Waals surface area contributed by atoms with E-state index in [1.54, 1.807) is 0 Å². The monoisotopic (exact) mass is 235 g/mol. The Balaban J connectivity index is 3.29. The standard InChI is InChI=1S/C11H25NO2S/c1-5-14-8-6-9-15(13)10-7-12-11(2,3)4/h12H,5-10H2,1-4H3. The highest BCUT2D eigenvalue weighted by atomic mass is 32.2. The lowest BCUT2D eigenvalue weighted by atomic mass is 10.1. The quantitative estimate of drug-likeness (QED) is 0.513. The van der Waals surface area contributed by atoms with Gasteiger partial charge in [-0.3, -0.25) is 0 Å². The molecule has 0 aromatic carbocycles. The van der Waals surface area contributed by atoms with E-state index in [4.69, 9.17) is 4.74 Å². The minimum absolute atomic E-state index is 0.121. The summed E-state index contributed by atoms with van der Waals surface area (Å²) in [6, 6.07) is 0. The molecule has 0 aliphatic heterocycles. The molecule has 0 amide bonds. The molecule has 92 valence electrons. The van der Waals surface area contributed by atoms with Gasteiger partial charge in [0.25, 0.3) is 0 Å². The normalized spacial score (nSPS) is 14.2. The second-order valence-electron chi connectivity index (χ2n) is 4.58. The first-order chi connectivity index (χ1) is 6.95. The van der Waals surface area contributed by atoms with E-state index < -0.39 is 11.2 Å². The van der Waals surface area contributed by atoms with Crippen molar-refractivity contribution in [3.8, 4) is 0 Å². The molecule has 0 spiro atoms. The van der Waals surface area contributed by atoms with Gasteiger partial charge in [0, 0.05) is 25.1 Å². The molecule has 0 rings (SSSR count). The molecule has 1 N–H and O–H groups in total. The van der Waals surface area contributed by atoms with E-state index >= 15 is 0 Å². The molecule has 3 nitrogen and oxygen atoms in total. The molecule has 0 heterocycles. The zero-order chi connectivity index (χ0) is 11.7. The van der Waals surface area contributed by atoms with E-state index in [1.165, 1.54) is 0 Å². The summed E-state index contributed by atoms with van der Waals surface area (Å²) in [5.74, 6) is 1.50. The van der Waals surface area contributed by atoms with Crippen LogP contribution in [0.15, 0.2) is 0 Å². The molecule has 0 saturated carbocycles. The molecule has 4 heteroatoms. The third-order valence-corrected chi connectivity index (χ3v) is 3.25. The Hall–Kier alpha value is 0.230. The lowest BCUT2D eigenvalue weighted by Crippen LogP contribution is -2.39. The Kier molecular flexibility index (Phi) is 8.52. The Morgan fingerprint density at radius 2 is 1.93 bits per heavy atom. The summed E-state index contributed by atoms with van der Waals surface area (Å²) >= 11 is -0.701. The van der Waals surface area contributed by atoms with Gasteiger partial charge >= 0.3 is 0 Å². The summed E-state index contributed by atoms with van der Waals surface area (Å²) in [4.78, 5) is 0. The van der Waals surface area contributed by atoms with Gasteiger partial charge < -0.3 is 14.6 Å². The lowest BCUT2D eigenvalue weighted by molar-refractivity contribution is 0.148. The first-order valence-electron chi connectivity index (χ1n) is 5.63. The van der Waals surface area contributed by atoms with E-state index in [0.717, 1.165) is 37.7 Å². The second kappa shape index (κ2) is 8.39. The molecule has 1 atom stereocenters. The van der Waals surface area contributed by atoms with Gasteiger partial charge in [-0.2, -0.15) is 0 Å². The van der Waals surface area contributed by atoms with Crippen LogP contribution in [0.4, 0.5) is 0 Å². The van der Waals surface area contributed by atoms with E-state index in [1.807, 2.05) is 6.92 Å². The van der Waals surface area contributed by atoms with Crippen molar-refractivity contribution in [2.75, 3.05) is 31.3 Å². The fraction of sp³-hybridized carbons (Fsp3) is 1.00. The van der Waals surface area contributed by atoms with Crippen molar-refractivity contribution in [1.29, 1.82) is 0 Å². The van der Waals surface area contributed by atoms with E-state index in [0.29, 0.717) is 0 Å². The molecule has 0 fully saturated rings. The average Bonchev–Trinajstić information content (AvgIpc) is 2.10. The highest BCUT2D eigenvalue weighted by molar-refractivity contribution is 7.91. The van der Waals surface area contributed by atoms with Crippen molar-refractivity contribution in [2.24, 2.45) is 0 Å². The molecule has 0 aromatic heterocycles. The summed E-state index contributed by atoms with van der Waals surface area (Å²) < 4.78 is 16.7. The molecule has 0 aromatic rings. The van der Waals surface area contributed by atoms with Gasteiger partial charge in [0.15, 0.2) is 0 Å². The van der Waals surface area contributed by atoms with Gasteiger partial charge in [0.05, 0.1) is 6.61 Å². The van der Waals surface area contributed by atoms with Crippen molar-refractivity contribution in [2.45, 2.75) is 39.7 Å². The minimum Gasteiger partial charge on any atom is -0.616 e. The molecule has 1 unspecified atom stereocenters. The fourth-order valence-corrected chi connectivity index (χ4v) is 2.08. The molecule has 0 bridgehead atoms. The van der Waals surface area contributed by atoms with Gasteiger partial charge in [-0.15, -0.1) is 0 Å². The number of nitrogens with one attached hydrogen (secondary N) is 1. The van der Waals surface area contributed by atoms with Crippen LogP contribution in [0.5, 0.6) is 0 Å². The summed E-state index contributed by atoms with van der Waals surface area (Å²) in [5, 5.41) is 3.33. The van der Waals surface area contributed by atoms with Crippen molar-refractivity contribution in [1.82, 2.24) is 5.32 Å². The van der Waals surface area contributed by atoms with Crippen LogP contribution in [0.2, 0.25) is 0 Å². The van der Waals surface area contributed by atoms with Crippen LogP contribution < -0.4 is 5.32 Å². The van der Waals surface area contributed by atoms with Crippen LogP contribution in [-0.2, 0) is 15.9 Å². The Morgan fingerprint density at radius 3 is 2.47 bits per heavy atom. The third kappa shape index (κ3) is 12.2. The highest BCUT2D eigenvalue weighted by Crippen LogP contribution is 1.99. The SMILES string of the molecule is CCOCCC[S+]([O-])CCNC(C)(C)C. The molecular weight excluding hydrogens is 210 g/mol. The summed E-state index contributed by atoms with van der Waals surface area (Å²) in [6.45, 7) is 10.6. The van der Waals surface area contributed by atoms with Crippen LogP contribution in [0.25, 0.3) is 0 Å². The van der Waals surface area contributed by atoms with Crippen molar-refractivity contribution in [3.05, 3.63) is 0 Å². The van der Waals surface area contributed by atoms with Gasteiger partial charge in [0.1, 0.15) is 11.5 Å². The molecular formula is C11H25NO2S. The van der Waals surface area contributed by atoms with E-state index in [9.17, 15) is 4.55 Å². The van der Waals surface area contributed by atoms with Gasteiger partial charge in [-0.1, -0.05) is 11.2 Å². The van der Waals surface area contributed by atoms with Crippen molar-refractivity contribution >= 4 is 11.2 Å². The molecule has 0 aliphatic rings. The summed E-state index contributed by atoms with van der Waals surface area (Å²) in [6.07, 6.45) is 0.899. The van der Waals surface area contributed by atoms with Crippen molar-refractivity contribution < 1.29 is 9.29 Å². The fourth-order valence-electron chi connectivity index (χ4n) is 1.11. The first kappa shape index (κ1) is 15.2. The first-order valence-corrected chi connectivity index (χ1v) is 7.12. The molecule has 0 saturated heterocycles. The number of ether oxygens (including phenoxy) is 1. The Bertz CT molecular complexity index is 148. The smallest absolute Gasteiger partial charge is 0.118 e. The molecule has 15 heavy (non-hydrogen) atoms. The van der Waals surface area contributed by atoms with Crippen LogP contribution in [0.1, 0.15) is 34.1 Å². The maximum absolute atomic E-state index is 11.5. The van der Waals surface area contributed by atoms with Gasteiger partial charge in [-0.25, -0.2) is 0 Å². The van der Waals surface area contributed by atoms with Crippen LogP contribution in [-0.4, -0.2) is 41.4 Å². The number of hydrogen-bond acceptors (Lipinski definition) is 3. The number of rotatable bonds is 8. The maximum atomic E-state index is 11.5. The van der Waals surface area contributed by atoms with E-state index in [-0.39, 0.29) is 5.54 Å². The average molecular weight is 235 g/mol. The number of hydrogen-bond donors (Lipinski definition) is 1. The maximum Gasteiger partial charge on any atom is 0.118 e. The minimum atomic E-state index is -0.701. The summed E-state index contributed by atoms with van der Waals surface area (Å²) in [5.41, 5.74) is 0.121. The van der Waals surface area contributed by atoms with Crippen LogP contribution in [0.3, 0.4) is 0 Å². The lowest BCUT2D eigenvalue weighted by Gasteiger charge is -2.21. The van der Waals surface area contributed by atoms with Crippen LogP contribution >= 0.6 is 0 Å². The predicted octanol–water partition coefficient (Wildman–Crippen LogP) is 1.55. The second-order valence-corrected chi connectivity index (χ2v) is 6.27. The zero-order valence-corrected chi connectivity index (χ0v) is 11.3.